The molecule has 0 bridgehead atoms. The minimum absolute atomic E-state index is 0.743. The molecule has 0 saturated carbocycles. The molecule has 4 nitrogen and oxygen atoms in total. The van der Waals surface area contributed by atoms with Gasteiger partial charge < -0.3 is 18.6 Å². The van der Waals surface area contributed by atoms with E-state index < -0.39 is 0 Å². The molecule has 13 aromatic rings. The highest BCUT2D eigenvalue weighted by atomic mass is 16.4. The Morgan fingerprint density at radius 3 is 1.08 bits per heavy atom. The Bertz CT molecular complexity index is 3980. The van der Waals surface area contributed by atoms with Crippen LogP contribution in [0.15, 0.2) is 215 Å². The van der Waals surface area contributed by atoms with E-state index in [0.717, 1.165) is 122 Å². The van der Waals surface area contributed by atoms with Crippen LogP contribution in [0.2, 0.25) is 0 Å². The predicted molar refractivity (Wildman–Crippen MR) is 305 cm³/mol. The van der Waals surface area contributed by atoms with Gasteiger partial charge in [-0.15, -0.1) is 0 Å². The van der Waals surface area contributed by atoms with Crippen LogP contribution in [-0.4, -0.2) is 0 Å². The van der Waals surface area contributed by atoms with Crippen molar-refractivity contribution in [1.82, 2.24) is 0 Å². The lowest BCUT2D eigenvalue weighted by atomic mass is 9.87. The molecule has 2 aromatic heterocycles. The molecule has 0 spiro atoms. The number of benzene rings is 11. The zero-order chi connectivity index (χ0) is 48.8. The minimum Gasteiger partial charge on any atom is -0.452 e. The molecule has 11 aromatic carbocycles. The Kier molecular flexibility index (Phi) is 10.2. The molecule has 0 fully saturated rings. The number of rotatable bonds is 8. The molecule has 13 rings (SSSR count). The predicted octanol–water partition coefficient (Wildman–Crippen LogP) is 19.9. The fourth-order valence-corrected chi connectivity index (χ4v) is 10.9. The Labute approximate surface area is 419 Å². The number of hydrogen-bond donors (Lipinski definition) is 0. The minimum atomic E-state index is 0.743. The Balaban J connectivity index is 1.07. The number of fused-ring (bicyclic) bond motifs is 9. The smallest absolute Gasteiger partial charge is 0.179 e. The van der Waals surface area contributed by atoms with Crippen LogP contribution in [0.3, 0.4) is 0 Å². The maximum Gasteiger partial charge on any atom is 0.179 e. The number of hydrogen-bond acceptors (Lipinski definition) is 4. The molecule has 0 unspecified atom stereocenters. The van der Waals surface area contributed by atoms with Crippen molar-refractivity contribution in [3.8, 4) is 22.3 Å². The zero-order valence-corrected chi connectivity index (χ0v) is 41.3. The molecule has 72 heavy (non-hydrogen) atoms. The van der Waals surface area contributed by atoms with E-state index in [1.807, 2.05) is 0 Å². The van der Waals surface area contributed by atoms with Crippen LogP contribution in [0.5, 0.6) is 0 Å². The average molecular weight is 929 g/mol. The van der Waals surface area contributed by atoms with Crippen molar-refractivity contribution in [3.05, 3.63) is 240 Å². The van der Waals surface area contributed by atoms with Crippen LogP contribution in [0.4, 0.5) is 34.1 Å². The zero-order valence-electron chi connectivity index (χ0n) is 41.3. The molecule has 0 N–H and O–H groups in total. The molecular formula is C68H52N2O2. The van der Waals surface area contributed by atoms with Gasteiger partial charge in [-0.3, -0.25) is 0 Å². The van der Waals surface area contributed by atoms with E-state index in [2.05, 4.69) is 258 Å². The van der Waals surface area contributed by atoms with Crippen LogP contribution in [-0.2, 0) is 0 Å². The SMILES string of the molecule is Cc1ccc(N(c2ccc3cc4c(cc3c2)oc2c3oc5cc6cc(N(c7ccc(C)cc7)c7cc(C)ccc7C)ccc6cc5c3c(-c3ccccc3)c(-c3ccccc3)c42)c2cc(C)ccc2C)cc1. The lowest BCUT2D eigenvalue weighted by molar-refractivity contribution is 0.634. The average Bonchev–Trinajstić information content (AvgIpc) is 3.96. The van der Waals surface area contributed by atoms with Crippen molar-refractivity contribution in [2.24, 2.45) is 0 Å². The molecule has 0 saturated heterocycles. The van der Waals surface area contributed by atoms with E-state index in [1.165, 1.54) is 33.4 Å². The molecule has 0 amide bonds. The Morgan fingerprint density at radius 2 is 0.681 bits per heavy atom. The van der Waals surface area contributed by atoms with Crippen molar-refractivity contribution < 1.29 is 8.83 Å². The highest BCUT2D eigenvalue weighted by molar-refractivity contribution is 6.31. The van der Waals surface area contributed by atoms with Gasteiger partial charge in [0, 0.05) is 66.8 Å². The van der Waals surface area contributed by atoms with Crippen molar-refractivity contribution >= 4 is 99.5 Å². The third kappa shape index (κ3) is 7.21. The van der Waals surface area contributed by atoms with Crippen molar-refractivity contribution in [2.75, 3.05) is 9.80 Å². The van der Waals surface area contributed by atoms with Gasteiger partial charge in [-0.1, -0.05) is 132 Å². The van der Waals surface area contributed by atoms with Crippen LogP contribution in [0.25, 0.3) is 87.7 Å². The van der Waals surface area contributed by atoms with E-state index in [9.17, 15) is 0 Å². The Hall–Kier alpha value is -8.86. The van der Waals surface area contributed by atoms with Gasteiger partial charge in [0.2, 0.25) is 0 Å². The fraction of sp³-hybridized carbons (Fsp3) is 0.0882. The summed E-state index contributed by atoms with van der Waals surface area (Å²) < 4.78 is 14.5. The lowest BCUT2D eigenvalue weighted by Crippen LogP contribution is -2.11. The first-order valence-electron chi connectivity index (χ1n) is 24.9. The summed E-state index contributed by atoms with van der Waals surface area (Å²) in [5.41, 5.74) is 21.6. The molecule has 0 atom stereocenters. The summed E-state index contributed by atoms with van der Waals surface area (Å²) in [4.78, 5) is 4.75. The van der Waals surface area contributed by atoms with Crippen molar-refractivity contribution in [1.29, 1.82) is 0 Å². The van der Waals surface area contributed by atoms with E-state index in [4.69, 9.17) is 8.83 Å². The molecular weight excluding hydrogens is 877 g/mol. The van der Waals surface area contributed by atoms with Crippen LogP contribution in [0, 0.1) is 41.5 Å². The summed E-state index contributed by atoms with van der Waals surface area (Å²) in [7, 11) is 0. The van der Waals surface area contributed by atoms with Crippen LogP contribution >= 0.6 is 0 Å². The van der Waals surface area contributed by atoms with Gasteiger partial charge >= 0.3 is 0 Å². The molecule has 0 aliphatic heterocycles. The molecule has 0 aliphatic carbocycles. The third-order valence-corrected chi connectivity index (χ3v) is 14.7. The lowest BCUT2D eigenvalue weighted by Gasteiger charge is -2.28. The molecule has 0 radical (unpaired) electrons. The van der Waals surface area contributed by atoms with E-state index >= 15 is 0 Å². The topological polar surface area (TPSA) is 32.8 Å². The fourth-order valence-electron chi connectivity index (χ4n) is 10.9. The summed E-state index contributed by atoms with van der Waals surface area (Å²) in [5, 5.41) is 8.62. The van der Waals surface area contributed by atoms with Crippen LogP contribution in [0.1, 0.15) is 33.4 Å². The standard InChI is InChI=1S/C68H52N2O2/c1-41-19-27-53(28-20-41)69(59-33-43(3)17-23-45(59)5)55-31-25-49-37-57-61(39-51(49)35-55)71-67-65(57)63(47-13-9-7-10-14-47)64(48-15-11-8-12-16-48)66-58-38-50-26-32-56(36-52(50)40-62(58)72-68(66)67)70(54-29-21-42(2)22-30-54)60-34-44(4)18-24-46(60)6/h7-40H,1-6H3. The Morgan fingerprint density at radius 1 is 0.306 bits per heavy atom. The first kappa shape index (κ1) is 43.2. The quantitative estimate of drug-likeness (QED) is 0.152. The first-order valence-corrected chi connectivity index (χ1v) is 24.9. The maximum absolute atomic E-state index is 7.24. The van der Waals surface area contributed by atoms with Gasteiger partial charge in [0.15, 0.2) is 11.2 Å². The molecule has 346 valence electrons. The number of furan rings is 2. The summed E-state index contributed by atoms with van der Waals surface area (Å²) in [6, 6.07) is 75.3. The first-order chi connectivity index (χ1) is 35.1. The van der Waals surface area contributed by atoms with Gasteiger partial charge in [-0.25, -0.2) is 0 Å². The van der Waals surface area contributed by atoms with Gasteiger partial charge in [0.1, 0.15) is 11.2 Å². The highest BCUT2D eigenvalue weighted by Crippen LogP contribution is 2.52. The van der Waals surface area contributed by atoms with Gasteiger partial charge in [-0.05, 0) is 181 Å². The summed E-state index contributed by atoms with van der Waals surface area (Å²) >= 11 is 0. The maximum atomic E-state index is 7.24. The molecule has 4 heteroatoms. The third-order valence-electron chi connectivity index (χ3n) is 14.7. The van der Waals surface area contributed by atoms with Gasteiger partial charge in [0.25, 0.3) is 0 Å². The van der Waals surface area contributed by atoms with E-state index in [0.29, 0.717) is 0 Å². The number of nitrogens with zero attached hydrogens (tertiary/aromatic N) is 2. The summed E-state index contributed by atoms with van der Waals surface area (Å²) in [6.07, 6.45) is 0. The largest absolute Gasteiger partial charge is 0.452 e. The van der Waals surface area contributed by atoms with Crippen LogP contribution < -0.4 is 9.80 Å². The second kappa shape index (κ2) is 16.9. The number of anilines is 6. The monoisotopic (exact) mass is 928 g/mol. The van der Waals surface area contributed by atoms with Gasteiger partial charge in [-0.2, -0.15) is 0 Å². The van der Waals surface area contributed by atoms with E-state index in [-0.39, 0.29) is 0 Å². The van der Waals surface area contributed by atoms with Gasteiger partial charge in [0.05, 0.1) is 0 Å². The molecule has 0 aliphatic rings. The van der Waals surface area contributed by atoms with E-state index in [1.54, 1.807) is 0 Å². The second-order valence-electron chi connectivity index (χ2n) is 19.8. The highest BCUT2D eigenvalue weighted by Gasteiger charge is 2.28. The van der Waals surface area contributed by atoms with Crippen molar-refractivity contribution in [2.45, 2.75) is 41.5 Å². The summed E-state index contributed by atoms with van der Waals surface area (Å²) in [6.45, 7) is 13.0. The normalized spacial score (nSPS) is 11.8. The second-order valence-corrected chi connectivity index (χ2v) is 19.8. The number of aryl methyl sites for hydroxylation is 6. The molecule has 2 heterocycles. The summed E-state index contributed by atoms with van der Waals surface area (Å²) in [5.74, 6) is 0. The van der Waals surface area contributed by atoms with Crippen molar-refractivity contribution in [3.63, 3.8) is 0 Å².